The third kappa shape index (κ3) is 7.85. The summed E-state index contributed by atoms with van der Waals surface area (Å²) < 4.78 is 5.45. The third-order valence-corrected chi connectivity index (χ3v) is 7.22. The van der Waals surface area contributed by atoms with Gasteiger partial charge >= 0.3 is 18.2 Å². The van der Waals surface area contributed by atoms with Gasteiger partial charge < -0.3 is 19.9 Å². The summed E-state index contributed by atoms with van der Waals surface area (Å²) in [5.41, 5.74) is 3.01. The number of nitrogens with one attached hydrogen (secondary N) is 2. The molecular formula is C33H34N4O4. The minimum atomic E-state index is -0.545. The van der Waals surface area contributed by atoms with Gasteiger partial charge in [0.05, 0.1) is 6.04 Å². The summed E-state index contributed by atoms with van der Waals surface area (Å²) in [6, 6.07) is 32.4. The van der Waals surface area contributed by atoms with E-state index in [2.05, 4.69) is 16.7 Å². The number of carbonyl (C=O) groups excluding carboxylic acids is 3. The number of alkyl carbamates (subject to hydrolysis) is 1. The number of rotatable bonds is 10. The fourth-order valence-corrected chi connectivity index (χ4v) is 4.97. The zero-order chi connectivity index (χ0) is 28.4. The number of aryl methyl sites for hydroxylation is 1. The number of benzene rings is 4. The second kappa shape index (κ2) is 13.5. The average Bonchev–Trinajstić information content (AvgIpc) is 3.13. The molecule has 8 nitrogen and oxygen atoms in total. The molecule has 4 aromatic rings. The van der Waals surface area contributed by atoms with Gasteiger partial charge in [0.2, 0.25) is 0 Å². The lowest BCUT2D eigenvalue weighted by molar-refractivity contribution is 0.131. The van der Waals surface area contributed by atoms with E-state index >= 15 is 0 Å². The quantitative estimate of drug-likeness (QED) is 0.264. The van der Waals surface area contributed by atoms with E-state index in [0.717, 1.165) is 27.5 Å². The number of nitrogens with zero attached hydrogens (tertiary/aromatic N) is 2. The summed E-state index contributed by atoms with van der Waals surface area (Å²) in [7, 11) is 0. The SMILES string of the molecule is O=C(N[C@@H](CCc1ccccc1)CN1CCN(Cc2ccc3ccccc3c2)C(=O)NC1=O)OCc1ccccc1. The Bertz CT molecular complexity index is 1480. The predicted octanol–water partition coefficient (Wildman–Crippen LogP) is 5.71. The lowest BCUT2D eigenvalue weighted by Crippen LogP contribution is -2.49. The van der Waals surface area contributed by atoms with Crippen LogP contribution in [0.25, 0.3) is 10.8 Å². The van der Waals surface area contributed by atoms with E-state index in [-0.39, 0.29) is 19.2 Å². The Morgan fingerprint density at radius 1 is 0.756 bits per heavy atom. The number of urea groups is 2. The zero-order valence-electron chi connectivity index (χ0n) is 22.9. The van der Waals surface area contributed by atoms with Crippen molar-refractivity contribution in [3.8, 4) is 0 Å². The molecule has 1 saturated heterocycles. The molecule has 1 aliphatic rings. The first-order valence-electron chi connectivity index (χ1n) is 13.9. The number of hydrogen-bond acceptors (Lipinski definition) is 4. The Labute approximate surface area is 239 Å². The van der Waals surface area contributed by atoms with Gasteiger partial charge in [-0.25, -0.2) is 14.4 Å². The van der Waals surface area contributed by atoms with E-state index in [1.54, 1.807) is 9.80 Å². The smallest absolute Gasteiger partial charge is 0.407 e. The topological polar surface area (TPSA) is 91.0 Å². The highest BCUT2D eigenvalue weighted by Gasteiger charge is 2.28. The molecule has 1 atom stereocenters. The van der Waals surface area contributed by atoms with Crippen molar-refractivity contribution in [3.63, 3.8) is 0 Å². The molecule has 0 saturated carbocycles. The van der Waals surface area contributed by atoms with Gasteiger partial charge in [-0.3, -0.25) is 5.32 Å². The monoisotopic (exact) mass is 550 g/mol. The molecule has 5 rings (SSSR count). The molecular weight excluding hydrogens is 516 g/mol. The summed E-state index contributed by atoms with van der Waals surface area (Å²) in [5, 5.41) is 7.69. The molecule has 0 aliphatic carbocycles. The van der Waals surface area contributed by atoms with Gasteiger partial charge in [0, 0.05) is 26.2 Å². The average molecular weight is 551 g/mol. The molecule has 1 fully saturated rings. The third-order valence-electron chi connectivity index (χ3n) is 7.22. The molecule has 2 N–H and O–H groups in total. The summed E-state index contributed by atoms with van der Waals surface area (Å²) in [4.78, 5) is 41.9. The largest absolute Gasteiger partial charge is 0.445 e. The van der Waals surface area contributed by atoms with Crippen LogP contribution in [0.1, 0.15) is 23.1 Å². The van der Waals surface area contributed by atoms with Crippen LogP contribution < -0.4 is 10.6 Å². The highest BCUT2D eigenvalue weighted by Crippen LogP contribution is 2.18. The van der Waals surface area contributed by atoms with Gasteiger partial charge in [-0.2, -0.15) is 0 Å². The highest BCUT2D eigenvalue weighted by atomic mass is 16.5. The van der Waals surface area contributed by atoms with Crippen molar-refractivity contribution in [2.45, 2.75) is 32.0 Å². The van der Waals surface area contributed by atoms with Crippen molar-refractivity contribution >= 4 is 28.9 Å². The minimum absolute atomic E-state index is 0.153. The Morgan fingerprint density at radius 3 is 2.15 bits per heavy atom. The fourth-order valence-electron chi connectivity index (χ4n) is 4.97. The lowest BCUT2D eigenvalue weighted by Gasteiger charge is -2.27. The molecule has 5 amide bonds. The first-order chi connectivity index (χ1) is 20.0. The molecule has 4 aromatic carbocycles. The molecule has 0 radical (unpaired) electrons. The Hall–Kier alpha value is -4.85. The number of hydrogen-bond donors (Lipinski definition) is 2. The Kier molecular flexibility index (Phi) is 9.11. The number of imide groups is 1. The van der Waals surface area contributed by atoms with Gasteiger partial charge in [-0.1, -0.05) is 97.1 Å². The fraction of sp³-hybridized carbons (Fsp3) is 0.242. The first kappa shape index (κ1) is 27.7. The van der Waals surface area contributed by atoms with Crippen LogP contribution in [-0.2, 0) is 24.3 Å². The van der Waals surface area contributed by atoms with Crippen LogP contribution in [0.4, 0.5) is 14.4 Å². The van der Waals surface area contributed by atoms with Crippen LogP contribution in [-0.4, -0.2) is 53.6 Å². The van der Waals surface area contributed by atoms with Gasteiger partial charge in [0.15, 0.2) is 0 Å². The van der Waals surface area contributed by atoms with Crippen molar-refractivity contribution in [2.24, 2.45) is 0 Å². The van der Waals surface area contributed by atoms with Crippen LogP contribution in [0.2, 0.25) is 0 Å². The molecule has 1 heterocycles. The van der Waals surface area contributed by atoms with Crippen molar-refractivity contribution in [2.75, 3.05) is 19.6 Å². The molecule has 0 unspecified atom stereocenters. The molecule has 8 heteroatoms. The van der Waals surface area contributed by atoms with Crippen molar-refractivity contribution in [1.29, 1.82) is 0 Å². The molecule has 210 valence electrons. The van der Waals surface area contributed by atoms with Gasteiger partial charge in [-0.15, -0.1) is 0 Å². The first-order valence-corrected chi connectivity index (χ1v) is 13.9. The second-order valence-electron chi connectivity index (χ2n) is 10.2. The van der Waals surface area contributed by atoms with Crippen LogP contribution in [0.5, 0.6) is 0 Å². The second-order valence-corrected chi connectivity index (χ2v) is 10.2. The van der Waals surface area contributed by atoms with E-state index in [4.69, 9.17) is 4.74 Å². The van der Waals surface area contributed by atoms with Gasteiger partial charge in [0.25, 0.3) is 0 Å². The maximum absolute atomic E-state index is 13.0. The van der Waals surface area contributed by atoms with Crippen LogP contribution in [0, 0.1) is 0 Å². The van der Waals surface area contributed by atoms with Crippen molar-refractivity contribution in [3.05, 3.63) is 120 Å². The molecule has 0 bridgehead atoms. The van der Waals surface area contributed by atoms with E-state index in [9.17, 15) is 14.4 Å². The normalized spacial score (nSPS) is 14.3. The predicted molar refractivity (Wildman–Crippen MR) is 158 cm³/mol. The standard InChI is InChI=1S/C33H34N4O4/c38-31-35-32(39)37(20-19-36(31)22-27-15-17-28-13-7-8-14-29(28)21-27)23-30(18-16-25-9-3-1-4-10-25)34-33(40)41-24-26-11-5-2-6-12-26/h1-15,17,21,30H,16,18-20,22-24H2,(H,34,40)(H,35,38,39)/t30-/m0/s1. The van der Waals surface area contributed by atoms with Gasteiger partial charge in [0.1, 0.15) is 6.61 Å². The Morgan fingerprint density at radius 2 is 1.39 bits per heavy atom. The number of carbonyl (C=O) groups is 3. The zero-order valence-corrected chi connectivity index (χ0v) is 22.9. The molecule has 0 aromatic heterocycles. The number of ether oxygens (including phenoxy) is 1. The summed E-state index contributed by atoms with van der Waals surface area (Å²) in [6.45, 7) is 1.50. The maximum atomic E-state index is 13.0. The highest BCUT2D eigenvalue weighted by molar-refractivity contribution is 5.94. The molecule has 1 aliphatic heterocycles. The molecule has 41 heavy (non-hydrogen) atoms. The van der Waals surface area contributed by atoms with Crippen LogP contribution in [0.3, 0.4) is 0 Å². The summed E-state index contributed by atoms with van der Waals surface area (Å²) >= 11 is 0. The van der Waals surface area contributed by atoms with E-state index in [0.29, 0.717) is 32.5 Å². The maximum Gasteiger partial charge on any atom is 0.407 e. The van der Waals surface area contributed by atoms with Crippen molar-refractivity contribution in [1.82, 2.24) is 20.4 Å². The van der Waals surface area contributed by atoms with Crippen LogP contribution >= 0.6 is 0 Å². The van der Waals surface area contributed by atoms with Crippen LogP contribution in [0.15, 0.2) is 103 Å². The van der Waals surface area contributed by atoms with E-state index in [1.807, 2.05) is 97.1 Å². The minimum Gasteiger partial charge on any atom is -0.445 e. The molecule has 0 spiro atoms. The van der Waals surface area contributed by atoms with Crippen molar-refractivity contribution < 1.29 is 19.1 Å². The lowest BCUT2D eigenvalue weighted by atomic mass is 10.0. The van der Waals surface area contributed by atoms with Gasteiger partial charge in [-0.05, 0) is 46.4 Å². The number of fused-ring (bicyclic) bond motifs is 1. The Balaban J connectivity index is 1.22. The van der Waals surface area contributed by atoms with E-state index in [1.165, 1.54) is 0 Å². The summed E-state index contributed by atoms with van der Waals surface area (Å²) in [6.07, 6.45) is 0.770. The summed E-state index contributed by atoms with van der Waals surface area (Å²) in [5.74, 6) is 0. The number of amides is 5. The van der Waals surface area contributed by atoms with E-state index < -0.39 is 18.2 Å².